The number of hydrogen-bond donors (Lipinski definition) is 0. The van der Waals surface area contributed by atoms with Crippen molar-refractivity contribution in [3.63, 3.8) is 0 Å². The van der Waals surface area contributed by atoms with Crippen LogP contribution in [-0.2, 0) is 4.74 Å². The third-order valence-corrected chi connectivity index (χ3v) is 2.79. The van der Waals surface area contributed by atoms with E-state index in [1.807, 2.05) is 0 Å². The molecule has 0 saturated carbocycles. The number of rotatable bonds is 7. The van der Waals surface area contributed by atoms with Crippen LogP contribution < -0.4 is 0 Å². The monoisotopic (exact) mass is 170 g/mol. The molecule has 2 unspecified atom stereocenters. The van der Waals surface area contributed by atoms with Crippen molar-refractivity contribution >= 4 is 0 Å². The number of hydrogen-bond acceptors (Lipinski definition) is 1. The zero-order valence-corrected chi connectivity index (χ0v) is 8.51. The summed E-state index contributed by atoms with van der Waals surface area (Å²) in [4.78, 5) is 0. The van der Waals surface area contributed by atoms with E-state index in [1.54, 1.807) is 0 Å². The van der Waals surface area contributed by atoms with Gasteiger partial charge in [0.15, 0.2) is 0 Å². The lowest BCUT2D eigenvalue weighted by molar-refractivity contribution is 0.330. The highest BCUT2D eigenvalue weighted by atomic mass is 16.6. The predicted molar refractivity (Wildman–Crippen MR) is 52.3 cm³/mol. The van der Waals surface area contributed by atoms with Crippen molar-refractivity contribution in [1.29, 1.82) is 0 Å². The molecule has 1 saturated heterocycles. The minimum Gasteiger partial charge on any atom is -0.373 e. The third kappa shape index (κ3) is 4.10. The first-order valence-corrected chi connectivity index (χ1v) is 5.48. The van der Waals surface area contributed by atoms with Crippen LogP contribution in [0.3, 0.4) is 0 Å². The van der Waals surface area contributed by atoms with Gasteiger partial charge in [-0.15, -0.1) is 0 Å². The number of ether oxygens (including phenoxy) is 1. The van der Waals surface area contributed by atoms with Gasteiger partial charge in [0.1, 0.15) is 0 Å². The zero-order chi connectivity index (χ0) is 8.81. The second kappa shape index (κ2) is 5.58. The fourth-order valence-corrected chi connectivity index (χ4v) is 1.75. The van der Waals surface area contributed by atoms with Crippen molar-refractivity contribution in [1.82, 2.24) is 0 Å². The van der Waals surface area contributed by atoms with Crippen LogP contribution in [0.1, 0.15) is 52.4 Å². The van der Waals surface area contributed by atoms with Crippen LogP contribution in [0, 0.1) is 5.92 Å². The Labute approximate surface area is 76.5 Å². The third-order valence-electron chi connectivity index (χ3n) is 2.79. The predicted octanol–water partition coefficient (Wildman–Crippen LogP) is 3.38. The van der Waals surface area contributed by atoms with E-state index < -0.39 is 0 Å². The molecule has 0 radical (unpaired) electrons. The fourth-order valence-electron chi connectivity index (χ4n) is 1.75. The lowest BCUT2D eigenvalue weighted by Gasteiger charge is -2.12. The van der Waals surface area contributed by atoms with Crippen LogP contribution in [0.25, 0.3) is 0 Å². The first-order chi connectivity index (χ1) is 5.86. The molecule has 12 heavy (non-hydrogen) atoms. The molecule has 72 valence electrons. The molecular weight excluding hydrogens is 148 g/mol. The van der Waals surface area contributed by atoms with Gasteiger partial charge in [-0.05, 0) is 12.3 Å². The largest absolute Gasteiger partial charge is 0.373 e. The summed E-state index contributed by atoms with van der Waals surface area (Å²) in [5.41, 5.74) is 0. The van der Waals surface area contributed by atoms with Crippen LogP contribution in [-0.4, -0.2) is 12.7 Å². The Morgan fingerprint density at radius 1 is 1.33 bits per heavy atom. The first-order valence-electron chi connectivity index (χ1n) is 5.48. The van der Waals surface area contributed by atoms with Crippen LogP contribution in [0.4, 0.5) is 0 Å². The molecule has 0 N–H and O–H groups in total. The van der Waals surface area contributed by atoms with E-state index in [9.17, 15) is 0 Å². The summed E-state index contributed by atoms with van der Waals surface area (Å²) in [6.07, 6.45) is 8.88. The Hall–Kier alpha value is -0.0400. The van der Waals surface area contributed by atoms with Gasteiger partial charge in [-0.25, -0.2) is 0 Å². The Morgan fingerprint density at radius 3 is 2.58 bits per heavy atom. The molecule has 0 spiro atoms. The van der Waals surface area contributed by atoms with Gasteiger partial charge in [-0.2, -0.15) is 0 Å². The minimum absolute atomic E-state index is 0.636. The molecule has 0 aromatic rings. The normalized spacial score (nSPS) is 24.0. The lowest BCUT2D eigenvalue weighted by Crippen LogP contribution is -2.02. The molecule has 0 amide bonds. The highest BCUT2D eigenvalue weighted by Gasteiger charge is 2.25. The highest BCUT2D eigenvalue weighted by molar-refractivity contribution is 4.73. The molecule has 1 heterocycles. The molecular formula is C11H22O. The zero-order valence-electron chi connectivity index (χ0n) is 8.51. The van der Waals surface area contributed by atoms with Crippen molar-refractivity contribution in [2.75, 3.05) is 6.61 Å². The van der Waals surface area contributed by atoms with E-state index >= 15 is 0 Å². The number of epoxide rings is 1. The van der Waals surface area contributed by atoms with E-state index in [0.717, 1.165) is 12.5 Å². The molecule has 1 fully saturated rings. The maximum Gasteiger partial charge on any atom is 0.0812 e. The Balaban J connectivity index is 1.98. The Morgan fingerprint density at radius 2 is 2.08 bits per heavy atom. The van der Waals surface area contributed by atoms with Crippen molar-refractivity contribution in [2.45, 2.75) is 58.5 Å². The van der Waals surface area contributed by atoms with Gasteiger partial charge in [0.25, 0.3) is 0 Å². The van der Waals surface area contributed by atoms with Crippen LogP contribution in [0.2, 0.25) is 0 Å². The molecule has 1 rings (SSSR count). The van der Waals surface area contributed by atoms with Gasteiger partial charge in [-0.3, -0.25) is 0 Å². The van der Waals surface area contributed by atoms with E-state index in [2.05, 4.69) is 13.8 Å². The molecule has 0 aromatic carbocycles. The van der Waals surface area contributed by atoms with Gasteiger partial charge in [0, 0.05) is 0 Å². The standard InChI is InChI=1S/C11H22O/c1-3-5-6-7-10(4-2)8-11-9-12-11/h10-11H,3-9H2,1-2H3. The molecule has 0 bridgehead atoms. The fraction of sp³-hybridized carbons (Fsp3) is 1.00. The topological polar surface area (TPSA) is 12.5 Å². The summed E-state index contributed by atoms with van der Waals surface area (Å²) in [6, 6.07) is 0. The molecule has 1 aliphatic heterocycles. The van der Waals surface area contributed by atoms with Crippen molar-refractivity contribution in [3.8, 4) is 0 Å². The summed E-state index contributed by atoms with van der Waals surface area (Å²) < 4.78 is 5.25. The van der Waals surface area contributed by atoms with Crippen molar-refractivity contribution in [3.05, 3.63) is 0 Å². The summed E-state index contributed by atoms with van der Waals surface area (Å²) in [7, 11) is 0. The Kier molecular flexibility index (Phi) is 4.67. The van der Waals surface area contributed by atoms with Gasteiger partial charge in [0.05, 0.1) is 12.7 Å². The molecule has 0 aromatic heterocycles. The summed E-state index contributed by atoms with van der Waals surface area (Å²) in [6.45, 7) is 5.61. The highest BCUT2D eigenvalue weighted by Crippen LogP contribution is 2.25. The molecule has 1 aliphatic rings. The maximum absolute atomic E-state index is 5.25. The van der Waals surface area contributed by atoms with Crippen molar-refractivity contribution in [2.24, 2.45) is 5.92 Å². The van der Waals surface area contributed by atoms with E-state index in [1.165, 1.54) is 38.5 Å². The quantitative estimate of drug-likeness (QED) is 0.421. The molecule has 2 atom stereocenters. The van der Waals surface area contributed by atoms with Gasteiger partial charge in [0.2, 0.25) is 0 Å². The van der Waals surface area contributed by atoms with Gasteiger partial charge >= 0.3 is 0 Å². The van der Waals surface area contributed by atoms with E-state index in [-0.39, 0.29) is 0 Å². The smallest absolute Gasteiger partial charge is 0.0812 e. The second-order valence-electron chi connectivity index (χ2n) is 3.96. The van der Waals surface area contributed by atoms with Gasteiger partial charge in [-0.1, -0.05) is 46.0 Å². The van der Waals surface area contributed by atoms with Gasteiger partial charge < -0.3 is 4.74 Å². The van der Waals surface area contributed by atoms with Crippen molar-refractivity contribution < 1.29 is 4.74 Å². The van der Waals surface area contributed by atoms with Crippen LogP contribution in [0.5, 0.6) is 0 Å². The molecule has 1 heteroatoms. The van der Waals surface area contributed by atoms with Crippen LogP contribution >= 0.6 is 0 Å². The minimum atomic E-state index is 0.636. The number of unbranched alkanes of at least 4 members (excludes halogenated alkanes) is 2. The molecule has 1 nitrogen and oxygen atoms in total. The van der Waals surface area contributed by atoms with Crippen LogP contribution in [0.15, 0.2) is 0 Å². The van der Waals surface area contributed by atoms with E-state index in [0.29, 0.717) is 6.10 Å². The second-order valence-corrected chi connectivity index (χ2v) is 3.96. The first kappa shape index (κ1) is 10.0. The van der Waals surface area contributed by atoms with E-state index in [4.69, 9.17) is 4.74 Å². The SMILES string of the molecule is CCCCCC(CC)CC1CO1. The Bertz CT molecular complexity index is 108. The lowest BCUT2D eigenvalue weighted by atomic mass is 9.94. The average Bonchev–Trinajstić information content (AvgIpc) is 2.87. The summed E-state index contributed by atoms with van der Waals surface area (Å²) in [5.74, 6) is 0.934. The average molecular weight is 170 g/mol. The summed E-state index contributed by atoms with van der Waals surface area (Å²) >= 11 is 0. The maximum atomic E-state index is 5.25. The summed E-state index contributed by atoms with van der Waals surface area (Å²) in [5, 5.41) is 0. The molecule has 0 aliphatic carbocycles.